The summed E-state index contributed by atoms with van der Waals surface area (Å²) in [5, 5.41) is 3.47. The maximum Gasteiger partial charge on any atom is 0.243 e. The molecule has 6 rings (SSSR count). The average molecular weight is 431 g/mol. The summed E-state index contributed by atoms with van der Waals surface area (Å²) in [6.45, 7) is 2.92. The first kappa shape index (κ1) is 20.5. The number of nitrogens with one attached hydrogen (secondary N) is 1. The van der Waals surface area contributed by atoms with Gasteiger partial charge in [-0.3, -0.25) is 4.79 Å². The van der Waals surface area contributed by atoms with Crippen molar-refractivity contribution in [2.24, 2.45) is 23.7 Å². The van der Waals surface area contributed by atoms with Crippen LogP contribution >= 0.6 is 0 Å². The lowest BCUT2D eigenvalue weighted by Crippen LogP contribution is -2.60. The fourth-order valence-electron chi connectivity index (χ4n) is 7.15. The van der Waals surface area contributed by atoms with E-state index in [4.69, 9.17) is 0 Å². The third kappa shape index (κ3) is 3.93. The Balaban J connectivity index is 1.15. The molecular formula is C24H34N2O3S. The fraction of sp³-hybridized carbons (Fsp3) is 0.708. The summed E-state index contributed by atoms with van der Waals surface area (Å²) in [7, 11) is -3.44. The maximum atomic E-state index is 12.9. The molecule has 0 aromatic heterocycles. The van der Waals surface area contributed by atoms with E-state index in [-0.39, 0.29) is 17.4 Å². The minimum absolute atomic E-state index is 0.0705. The van der Waals surface area contributed by atoms with E-state index in [1.165, 1.54) is 38.5 Å². The Bertz CT molecular complexity index is 883. The molecule has 30 heavy (non-hydrogen) atoms. The van der Waals surface area contributed by atoms with Crippen LogP contribution in [-0.2, 0) is 14.8 Å². The van der Waals surface area contributed by atoms with Crippen molar-refractivity contribution in [3.05, 3.63) is 29.8 Å². The number of benzene rings is 1. The Labute approximate surface area is 180 Å². The van der Waals surface area contributed by atoms with E-state index >= 15 is 0 Å². The van der Waals surface area contributed by atoms with Crippen LogP contribution in [-0.4, -0.2) is 37.3 Å². The van der Waals surface area contributed by atoms with E-state index < -0.39 is 10.0 Å². The predicted octanol–water partition coefficient (Wildman–Crippen LogP) is 3.87. The standard InChI is InChI=1S/C24H34N2O3S/c1-17-3-2-4-22(9-17)30(28,29)26-7-5-18(6-8-26)13-23(27)25-24-14-19-10-20(15-24)12-21(11-19)16-24/h2-4,9,18-21H,5-8,10-16H2,1H3,(H,25,27). The molecule has 0 radical (unpaired) electrons. The predicted molar refractivity (Wildman–Crippen MR) is 116 cm³/mol. The van der Waals surface area contributed by atoms with Crippen molar-refractivity contribution in [2.45, 2.75) is 75.1 Å². The van der Waals surface area contributed by atoms with Gasteiger partial charge < -0.3 is 5.32 Å². The highest BCUT2D eigenvalue weighted by Crippen LogP contribution is 2.55. The number of rotatable bonds is 5. The van der Waals surface area contributed by atoms with Crippen LogP contribution < -0.4 is 5.32 Å². The van der Waals surface area contributed by atoms with Crippen molar-refractivity contribution in [1.29, 1.82) is 0 Å². The van der Waals surface area contributed by atoms with Gasteiger partial charge >= 0.3 is 0 Å². The summed E-state index contributed by atoms with van der Waals surface area (Å²) >= 11 is 0. The van der Waals surface area contributed by atoms with Crippen molar-refractivity contribution in [3.63, 3.8) is 0 Å². The number of amides is 1. The Morgan fingerprint density at radius 2 is 1.67 bits per heavy atom. The van der Waals surface area contributed by atoms with Crippen LogP contribution in [0.2, 0.25) is 0 Å². The SMILES string of the molecule is Cc1cccc(S(=O)(=O)N2CCC(CC(=O)NC34CC5CC(CC(C5)C3)C4)CC2)c1. The van der Waals surface area contributed by atoms with Gasteiger partial charge in [-0.2, -0.15) is 4.31 Å². The van der Waals surface area contributed by atoms with Crippen molar-refractivity contribution < 1.29 is 13.2 Å². The van der Waals surface area contributed by atoms with Crippen LogP contribution in [0.4, 0.5) is 0 Å². The van der Waals surface area contributed by atoms with Crippen molar-refractivity contribution in [2.75, 3.05) is 13.1 Å². The van der Waals surface area contributed by atoms with E-state index in [1.54, 1.807) is 22.5 Å². The van der Waals surface area contributed by atoms with E-state index in [2.05, 4.69) is 5.32 Å². The van der Waals surface area contributed by atoms with Crippen LogP contribution in [0.15, 0.2) is 29.2 Å². The van der Waals surface area contributed by atoms with Crippen LogP contribution in [0.1, 0.15) is 63.4 Å². The van der Waals surface area contributed by atoms with Gasteiger partial charge in [-0.15, -0.1) is 0 Å². The van der Waals surface area contributed by atoms with Gasteiger partial charge in [0.15, 0.2) is 0 Å². The molecule has 0 atom stereocenters. The molecule has 1 heterocycles. The maximum absolute atomic E-state index is 12.9. The summed E-state index contributed by atoms with van der Waals surface area (Å²) in [6, 6.07) is 7.12. The van der Waals surface area contributed by atoms with Gasteiger partial charge in [-0.05, 0) is 99.7 Å². The second-order valence-corrected chi connectivity index (χ2v) is 12.6. The second kappa shape index (κ2) is 7.63. The van der Waals surface area contributed by atoms with Gasteiger partial charge in [0, 0.05) is 25.0 Å². The summed E-state index contributed by atoms with van der Waals surface area (Å²) in [5.41, 5.74) is 1.02. The zero-order valence-electron chi connectivity index (χ0n) is 18.0. The number of carbonyl (C=O) groups excluding carboxylic acids is 1. The molecule has 4 saturated carbocycles. The normalized spacial score (nSPS) is 34.2. The second-order valence-electron chi connectivity index (χ2n) is 10.6. The van der Waals surface area contributed by atoms with E-state index in [0.717, 1.165) is 36.2 Å². The molecule has 0 spiro atoms. The third-order valence-electron chi connectivity index (χ3n) is 8.12. The fourth-order valence-corrected chi connectivity index (χ4v) is 8.73. The number of sulfonamides is 1. The van der Waals surface area contributed by atoms with Gasteiger partial charge in [-0.25, -0.2) is 8.42 Å². The molecule has 1 N–H and O–H groups in total. The van der Waals surface area contributed by atoms with Gasteiger partial charge in [0.25, 0.3) is 0 Å². The first-order valence-electron chi connectivity index (χ1n) is 11.7. The van der Waals surface area contributed by atoms with Crippen LogP contribution in [0, 0.1) is 30.6 Å². The number of aryl methyl sites for hydroxylation is 1. The molecule has 1 aromatic carbocycles. The van der Waals surface area contributed by atoms with Crippen molar-refractivity contribution >= 4 is 15.9 Å². The van der Waals surface area contributed by atoms with Gasteiger partial charge in [0.05, 0.1) is 4.90 Å². The van der Waals surface area contributed by atoms with Crippen molar-refractivity contribution in [3.8, 4) is 0 Å². The lowest BCUT2D eigenvalue weighted by molar-refractivity contribution is -0.128. The molecule has 6 heteroatoms. The third-order valence-corrected chi connectivity index (χ3v) is 10.0. The van der Waals surface area contributed by atoms with E-state index in [9.17, 15) is 13.2 Å². The molecule has 1 aromatic rings. The number of carbonyl (C=O) groups is 1. The summed E-state index contributed by atoms with van der Waals surface area (Å²) in [6.07, 6.45) is 9.74. The molecule has 164 valence electrons. The molecule has 1 aliphatic heterocycles. The smallest absolute Gasteiger partial charge is 0.243 e. The first-order valence-corrected chi connectivity index (χ1v) is 13.1. The highest BCUT2D eigenvalue weighted by Gasteiger charge is 2.51. The Hall–Kier alpha value is -1.40. The molecular weight excluding hydrogens is 396 g/mol. The Morgan fingerprint density at radius 1 is 1.07 bits per heavy atom. The van der Waals surface area contributed by atoms with Gasteiger partial charge in [-0.1, -0.05) is 12.1 Å². The molecule has 4 bridgehead atoms. The summed E-state index contributed by atoms with van der Waals surface area (Å²) in [4.78, 5) is 13.3. The van der Waals surface area contributed by atoms with Crippen LogP contribution in [0.3, 0.4) is 0 Å². The van der Waals surface area contributed by atoms with E-state index in [0.29, 0.717) is 24.4 Å². The monoisotopic (exact) mass is 430 g/mol. The number of hydrogen-bond acceptors (Lipinski definition) is 3. The molecule has 1 amide bonds. The lowest BCUT2D eigenvalue weighted by atomic mass is 9.53. The number of nitrogens with zero attached hydrogens (tertiary/aromatic N) is 1. The highest BCUT2D eigenvalue weighted by molar-refractivity contribution is 7.89. The zero-order chi connectivity index (χ0) is 20.9. The molecule has 5 nitrogen and oxygen atoms in total. The topological polar surface area (TPSA) is 66.5 Å². The van der Waals surface area contributed by atoms with Gasteiger partial charge in [0.2, 0.25) is 15.9 Å². The molecule has 5 aliphatic rings. The minimum Gasteiger partial charge on any atom is -0.351 e. The van der Waals surface area contributed by atoms with Crippen LogP contribution in [0.5, 0.6) is 0 Å². The van der Waals surface area contributed by atoms with Crippen molar-refractivity contribution in [1.82, 2.24) is 9.62 Å². The van der Waals surface area contributed by atoms with Crippen LogP contribution in [0.25, 0.3) is 0 Å². The molecule has 4 aliphatic carbocycles. The average Bonchev–Trinajstić information content (AvgIpc) is 2.67. The number of hydrogen-bond donors (Lipinski definition) is 1. The van der Waals surface area contributed by atoms with E-state index in [1.807, 2.05) is 13.0 Å². The highest BCUT2D eigenvalue weighted by atomic mass is 32.2. The minimum atomic E-state index is -3.44. The molecule has 1 saturated heterocycles. The summed E-state index contributed by atoms with van der Waals surface area (Å²) < 4.78 is 27.5. The Morgan fingerprint density at radius 3 is 2.23 bits per heavy atom. The number of piperidine rings is 1. The first-order chi connectivity index (χ1) is 14.3. The summed E-state index contributed by atoms with van der Waals surface area (Å²) in [5.74, 6) is 2.95. The zero-order valence-corrected chi connectivity index (χ0v) is 18.8. The Kier molecular flexibility index (Phi) is 5.21. The molecule has 5 fully saturated rings. The van der Waals surface area contributed by atoms with Gasteiger partial charge in [0.1, 0.15) is 0 Å². The quantitative estimate of drug-likeness (QED) is 0.771. The molecule has 0 unspecified atom stereocenters. The largest absolute Gasteiger partial charge is 0.351 e. The lowest BCUT2D eigenvalue weighted by Gasteiger charge is -2.57.